The van der Waals surface area contributed by atoms with Crippen molar-refractivity contribution in [3.63, 3.8) is 0 Å². The number of furan rings is 1. The van der Waals surface area contributed by atoms with Crippen LogP contribution >= 0.6 is 0 Å². The molecular formula is C18H9F5O3. The molecule has 3 aromatic rings. The predicted octanol–water partition coefficient (Wildman–Crippen LogP) is 5.85. The predicted molar refractivity (Wildman–Crippen MR) is 81.0 cm³/mol. The lowest BCUT2D eigenvalue weighted by Gasteiger charge is -2.12. The van der Waals surface area contributed by atoms with E-state index in [1.54, 1.807) is 6.07 Å². The Bertz CT molecular complexity index is 936. The van der Waals surface area contributed by atoms with Crippen molar-refractivity contribution in [2.24, 2.45) is 0 Å². The van der Waals surface area contributed by atoms with E-state index in [1.807, 2.05) is 0 Å². The summed E-state index contributed by atoms with van der Waals surface area (Å²) >= 11 is 0. The second-order valence-electron chi connectivity index (χ2n) is 5.22. The van der Waals surface area contributed by atoms with Crippen molar-refractivity contribution in [1.29, 1.82) is 0 Å². The first-order valence-corrected chi connectivity index (χ1v) is 7.17. The summed E-state index contributed by atoms with van der Waals surface area (Å²) in [4.78, 5) is 10.7. The molecule has 0 radical (unpaired) electrons. The van der Waals surface area contributed by atoms with E-state index in [0.717, 1.165) is 0 Å². The molecular weight excluding hydrogens is 359 g/mol. The van der Waals surface area contributed by atoms with Crippen molar-refractivity contribution in [3.05, 3.63) is 71.5 Å². The smallest absolute Gasteiger partial charge is 0.416 e. The number of carbonyl (C=O) groups excluding carboxylic acids is 1. The number of rotatable bonds is 4. The Kier molecular flexibility index (Phi) is 4.50. The maximum absolute atomic E-state index is 13.9. The Morgan fingerprint density at radius 2 is 1.65 bits per heavy atom. The maximum Gasteiger partial charge on any atom is 0.416 e. The Hall–Kier alpha value is -3.16. The van der Waals surface area contributed by atoms with Gasteiger partial charge in [0.1, 0.15) is 11.5 Å². The Balaban J connectivity index is 1.92. The lowest BCUT2D eigenvalue weighted by Crippen LogP contribution is -2.07. The van der Waals surface area contributed by atoms with Gasteiger partial charge in [-0.3, -0.25) is 4.79 Å². The van der Waals surface area contributed by atoms with E-state index in [-0.39, 0.29) is 23.6 Å². The highest BCUT2D eigenvalue weighted by atomic mass is 19.4. The van der Waals surface area contributed by atoms with Crippen LogP contribution in [0.25, 0.3) is 11.3 Å². The van der Waals surface area contributed by atoms with E-state index in [2.05, 4.69) is 0 Å². The molecule has 0 fully saturated rings. The minimum absolute atomic E-state index is 0.0240. The molecule has 0 atom stereocenters. The van der Waals surface area contributed by atoms with E-state index in [4.69, 9.17) is 9.15 Å². The Morgan fingerprint density at radius 1 is 0.962 bits per heavy atom. The van der Waals surface area contributed by atoms with E-state index in [1.165, 1.54) is 30.3 Å². The maximum atomic E-state index is 13.9. The average Bonchev–Trinajstić information content (AvgIpc) is 3.06. The molecule has 0 saturated heterocycles. The van der Waals surface area contributed by atoms with Gasteiger partial charge in [0.15, 0.2) is 29.4 Å². The third-order valence-electron chi connectivity index (χ3n) is 3.41. The largest absolute Gasteiger partial charge is 0.453 e. The summed E-state index contributed by atoms with van der Waals surface area (Å²) in [6.07, 6.45) is -4.37. The number of alkyl halides is 3. The van der Waals surface area contributed by atoms with Crippen molar-refractivity contribution >= 4 is 6.29 Å². The van der Waals surface area contributed by atoms with E-state index in [0.29, 0.717) is 17.6 Å². The monoisotopic (exact) mass is 368 g/mol. The molecule has 0 bridgehead atoms. The molecule has 26 heavy (non-hydrogen) atoms. The SMILES string of the molecule is O=Cc1ccc(-c2cccc(Oc3c(F)cc(C(F)(F)F)cc3F)c2)o1. The van der Waals surface area contributed by atoms with Crippen LogP contribution < -0.4 is 4.74 Å². The Morgan fingerprint density at radius 3 is 2.23 bits per heavy atom. The molecule has 1 aromatic heterocycles. The van der Waals surface area contributed by atoms with Crippen molar-refractivity contribution in [2.45, 2.75) is 6.18 Å². The molecule has 0 aliphatic carbocycles. The molecule has 134 valence electrons. The zero-order valence-electron chi connectivity index (χ0n) is 12.8. The van der Waals surface area contributed by atoms with Crippen LogP contribution in [0.2, 0.25) is 0 Å². The number of halogens is 5. The summed E-state index contributed by atoms with van der Waals surface area (Å²) in [5.74, 6) is -3.54. The topological polar surface area (TPSA) is 39.4 Å². The molecule has 3 nitrogen and oxygen atoms in total. The summed E-state index contributed by atoms with van der Waals surface area (Å²) in [5, 5.41) is 0. The number of aldehydes is 1. The van der Waals surface area contributed by atoms with Crippen LogP contribution in [0.5, 0.6) is 11.5 Å². The lowest BCUT2D eigenvalue weighted by atomic mass is 10.1. The molecule has 0 spiro atoms. The van der Waals surface area contributed by atoms with E-state index < -0.39 is 29.1 Å². The fraction of sp³-hybridized carbons (Fsp3) is 0.0556. The molecule has 0 aliphatic heterocycles. The Labute approximate surface area is 143 Å². The quantitative estimate of drug-likeness (QED) is 0.428. The number of hydrogen-bond acceptors (Lipinski definition) is 3. The van der Waals surface area contributed by atoms with Crippen LogP contribution in [0.1, 0.15) is 16.1 Å². The highest BCUT2D eigenvalue weighted by Crippen LogP contribution is 2.36. The van der Waals surface area contributed by atoms with Gasteiger partial charge in [-0.05, 0) is 36.4 Å². The highest BCUT2D eigenvalue weighted by molar-refractivity contribution is 5.73. The van der Waals surface area contributed by atoms with Gasteiger partial charge in [-0.25, -0.2) is 8.78 Å². The lowest BCUT2D eigenvalue weighted by molar-refractivity contribution is -0.138. The molecule has 0 aliphatic rings. The minimum atomic E-state index is -4.88. The van der Waals surface area contributed by atoms with Gasteiger partial charge >= 0.3 is 6.18 Å². The van der Waals surface area contributed by atoms with Gasteiger partial charge in [0.2, 0.25) is 0 Å². The van der Waals surface area contributed by atoms with Gasteiger partial charge in [0.05, 0.1) is 5.56 Å². The fourth-order valence-electron chi connectivity index (χ4n) is 2.22. The van der Waals surface area contributed by atoms with Crippen LogP contribution in [-0.2, 0) is 6.18 Å². The second kappa shape index (κ2) is 6.62. The second-order valence-corrected chi connectivity index (χ2v) is 5.22. The molecule has 1 heterocycles. The summed E-state index contributed by atoms with van der Waals surface area (Å²) < 4.78 is 75.8. The van der Waals surface area contributed by atoms with Gasteiger partial charge < -0.3 is 9.15 Å². The van der Waals surface area contributed by atoms with Crippen LogP contribution in [0.3, 0.4) is 0 Å². The highest BCUT2D eigenvalue weighted by Gasteiger charge is 2.33. The fourth-order valence-corrected chi connectivity index (χ4v) is 2.22. The summed E-state index contributed by atoms with van der Waals surface area (Å²) in [6.45, 7) is 0. The third kappa shape index (κ3) is 3.58. The third-order valence-corrected chi connectivity index (χ3v) is 3.41. The first-order chi connectivity index (χ1) is 12.3. The normalized spacial score (nSPS) is 11.4. The van der Waals surface area contributed by atoms with Crippen LogP contribution in [-0.4, -0.2) is 6.29 Å². The summed E-state index contributed by atoms with van der Waals surface area (Å²) in [6, 6.07) is 9.09. The molecule has 0 amide bonds. The van der Waals surface area contributed by atoms with Crippen molar-refractivity contribution in [2.75, 3.05) is 0 Å². The standard InChI is InChI=1S/C18H9F5O3/c19-14-7-11(18(21,22)23)8-15(20)17(14)26-12-3-1-2-10(6-12)16-5-4-13(9-24)25-16/h1-9H. The van der Waals surface area contributed by atoms with Crippen molar-refractivity contribution < 1.29 is 35.9 Å². The van der Waals surface area contributed by atoms with E-state index >= 15 is 0 Å². The van der Waals surface area contributed by atoms with Gasteiger partial charge in [-0.2, -0.15) is 13.2 Å². The first kappa shape index (κ1) is 17.7. The molecule has 8 heteroatoms. The van der Waals surface area contributed by atoms with Gasteiger partial charge in [0.25, 0.3) is 0 Å². The minimum Gasteiger partial charge on any atom is -0.453 e. The molecule has 0 unspecified atom stereocenters. The number of benzene rings is 2. The van der Waals surface area contributed by atoms with E-state index in [9.17, 15) is 26.7 Å². The van der Waals surface area contributed by atoms with Gasteiger partial charge in [-0.1, -0.05) is 12.1 Å². The number of hydrogen-bond donors (Lipinski definition) is 0. The number of ether oxygens (including phenoxy) is 1. The zero-order valence-corrected chi connectivity index (χ0v) is 12.8. The van der Waals surface area contributed by atoms with Crippen LogP contribution in [0.4, 0.5) is 22.0 Å². The van der Waals surface area contributed by atoms with Crippen LogP contribution in [0, 0.1) is 11.6 Å². The zero-order chi connectivity index (χ0) is 18.9. The average molecular weight is 368 g/mol. The molecule has 2 aromatic carbocycles. The molecule has 0 N–H and O–H groups in total. The molecule has 3 rings (SSSR count). The first-order valence-electron chi connectivity index (χ1n) is 7.17. The summed E-state index contributed by atoms with van der Waals surface area (Å²) in [7, 11) is 0. The van der Waals surface area contributed by atoms with Crippen molar-refractivity contribution in [1.82, 2.24) is 0 Å². The van der Waals surface area contributed by atoms with Crippen LogP contribution in [0.15, 0.2) is 52.9 Å². The van der Waals surface area contributed by atoms with Crippen molar-refractivity contribution in [3.8, 4) is 22.8 Å². The number of carbonyl (C=O) groups is 1. The summed E-state index contributed by atoms with van der Waals surface area (Å²) in [5.41, 5.74) is -1.01. The van der Waals surface area contributed by atoms with Gasteiger partial charge in [-0.15, -0.1) is 0 Å². The van der Waals surface area contributed by atoms with Gasteiger partial charge in [0, 0.05) is 5.56 Å². The molecule has 0 saturated carbocycles.